The molecule has 0 unspecified atom stereocenters. The van der Waals surface area contributed by atoms with Crippen LogP contribution in [0.1, 0.15) is 43.0 Å². The third-order valence-electron chi connectivity index (χ3n) is 8.21. The van der Waals surface area contributed by atoms with Gasteiger partial charge in [-0.3, -0.25) is 4.90 Å². The first kappa shape index (κ1) is 35.3. The van der Waals surface area contributed by atoms with E-state index in [1.807, 2.05) is 142 Å². The molecule has 0 spiro atoms. The van der Waals surface area contributed by atoms with Gasteiger partial charge in [-0.05, 0) is 43.0 Å². The van der Waals surface area contributed by atoms with Crippen molar-refractivity contribution in [1.82, 2.24) is 4.90 Å². The molecule has 1 aliphatic rings. The van der Waals surface area contributed by atoms with E-state index < -0.39 is 42.1 Å². The second-order valence-corrected chi connectivity index (χ2v) is 13.0. The van der Waals surface area contributed by atoms with Crippen LogP contribution in [0.25, 0.3) is 0 Å². The van der Waals surface area contributed by atoms with E-state index in [4.69, 9.17) is 29.4 Å². The summed E-state index contributed by atoms with van der Waals surface area (Å²) < 4.78 is 32.5. The van der Waals surface area contributed by atoms with Crippen molar-refractivity contribution >= 4 is 6.09 Å². The normalized spacial score (nSPS) is 20.0. The number of carbonyl (C=O) groups excluding carboxylic acids is 1. The van der Waals surface area contributed by atoms with E-state index in [2.05, 4.69) is 0 Å². The lowest BCUT2D eigenvalue weighted by molar-refractivity contribution is -0.103. The number of carbonyl (C=O) groups is 1. The van der Waals surface area contributed by atoms with Crippen molar-refractivity contribution < 1.29 is 28.5 Å². The molecule has 8 nitrogen and oxygen atoms in total. The van der Waals surface area contributed by atoms with Crippen molar-refractivity contribution in [2.45, 2.75) is 83.2 Å². The summed E-state index contributed by atoms with van der Waals surface area (Å²) in [6, 6.07) is 38.6. The third kappa shape index (κ3) is 9.98. The quantitative estimate of drug-likeness (QED) is 0.149. The molecular formula is C40H48N2O6. The third-order valence-corrected chi connectivity index (χ3v) is 8.21. The van der Waals surface area contributed by atoms with Crippen LogP contribution in [0.2, 0.25) is 0 Å². The van der Waals surface area contributed by atoms with E-state index in [1.165, 1.54) is 0 Å². The average Bonchev–Trinajstić information content (AvgIpc) is 3.40. The van der Waals surface area contributed by atoms with Crippen LogP contribution in [0.5, 0.6) is 0 Å². The van der Waals surface area contributed by atoms with Crippen molar-refractivity contribution in [2.24, 2.45) is 5.73 Å². The number of benzene rings is 4. The van der Waals surface area contributed by atoms with Gasteiger partial charge in [0, 0.05) is 6.54 Å². The molecule has 0 aliphatic carbocycles. The fourth-order valence-corrected chi connectivity index (χ4v) is 5.98. The Morgan fingerprint density at radius 2 is 1.10 bits per heavy atom. The Kier molecular flexibility index (Phi) is 12.8. The molecule has 5 rings (SSSR count). The van der Waals surface area contributed by atoms with Crippen molar-refractivity contribution in [1.29, 1.82) is 0 Å². The smallest absolute Gasteiger partial charge is 0.411 e. The summed E-state index contributed by atoms with van der Waals surface area (Å²) in [5, 5.41) is 0. The number of likely N-dealkylation sites (tertiary alicyclic amines) is 1. The summed E-state index contributed by atoms with van der Waals surface area (Å²) in [6.45, 7) is 7.22. The number of nitrogens with zero attached hydrogens (tertiary/aromatic N) is 1. The van der Waals surface area contributed by atoms with Crippen LogP contribution in [0, 0.1) is 0 Å². The highest BCUT2D eigenvalue weighted by molar-refractivity contribution is 5.70. The molecule has 2 N–H and O–H groups in total. The maximum Gasteiger partial charge on any atom is 0.411 e. The van der Waals surface area contributed by atoms with Crippen molar-refractivity contribution in [2.75, 3.05) is 13.2 Å². The maximum atomic E-state index is 14.3. The second-order valence-electron chi connectivity index (χ2n) is 13.0. The van der Waals surface area contributed by atoms with E-state index in [9.17, 15) is 4.79 Å². The van der Waals surface area contributed by atoms with Gasteiger partial charge in [-0.15, -0.1) is 0 Å². The summed E-state index contributed by atoms with van der Waals surface area (Å²) in [5.41, 5.74) is 9.76. The molecule has 4 aromatic rings. The fourth-order valence-electron chi connectivity index (χ4n) is 5.98. The molecule has 4 aromatic carbocycles. The van der Waals surface area contributed by atoms with Crippen LogP contribution in [0.3, 0.4) is 0 Å². The standard InChI is InChI=1S/C40H48N2O6/c1-40(2,3)48-39(43)42-34(29-44-25-30-16-8-4-9-17-30)37(46-27-32-20-12-6-13-21-32)38(47-28-33-22-14-7-15-23-33)36(42)35(24-41)45-26-31-18-10-5-11-19-31/h4-23,34-38H,24-29,41H2,1-3H3/t34-,35-,36-,37-,38-/m1/s1. The lowest BCUT2D eigenvalue weighted by atomic mass is 10.0. The number of hydrogen-bond acceptors (Lipinski definition) is 7. The monoisotopic (exact) mass is 652 g/mol. The number of amides is 1. The number of nitrogens with two attached hydrogens (primary N) is 1. The molecule has 1 aliphatic heterocycles. The van der Waals surface area contributed by atoms with Gasteiger partial charge in [-0.2, -0.15) is 0 Å². The predicted octanol–water partition coefficient (Wildman–Crippen LogP) is 6.91. The zero-order valence-electron chi connectivity index (χ0n) is 28.2. The summed E-state index contributed by atoms with van der Waals surface area (Å²) >= 11 is 0. The zero-order chi connectivity index (χ0) is 33.8. The average molecular weight is 653 g/mol. The van der Waals surface area contributed by atoms with Crippen LogP contribution in [-0.2, 0) is 50.1 Å². The van der Waals surface area contributed by atoms with Gasteiger partial charge in [0.05, 0.1) is 51.2 Å². The largest absolute Gasteiger partial charge is 0.444 e. The van der Waals surface area contributed by atoms with Crippen molar-refractivity contribution in [3.05, 3.63) is 144 Å². The highest BCUT2D eigenvalue weighted by Crippen LogP contribution is 2.36. The molecule has 0 bridgehead atoms. The second kappa shape index (κ2) is 17.4. The van der Waals surface area contributed by atoms with Gasteiger partial charge in [-0.1, -0.05) is 121 Å². The Balaban J connectivity index is 1.52. The molecule has 254 valence electrons. The topological polar surface area (TPSA) is 92.5 Å². The van der Waals surface area contributed by atoms with Crippen LogP contribution >= 0.6 is 0 Å². The van der Waals surface area contributed by atoms with Gasteiger partial charge in [-0.25, -0.2) is 4.79 Å². The van der Waals surface area contributed by atoms with Crippen molar-refractivity contribution in [3.63, 3.8) is 0 Å². The molecule has 5 atom stereocenters. The Morgan fingerprint density at radius 3 is 1.56 bits per heavy atom. The Labute approximate surface area is 284 Å². The van der Waals surface area contributed by atoms with E-state index in [1.54, 1.807) is 4.90 Å². The van der Waals surface area contributed by atoms with Gasteiger partial charge >= 0.3 is 6.09 Å². The van der Waals surface area contributed by atoms with E-state index >= 15 is 0 Å². The summed E-state index contributed by atoms with van der Waals surface area (Å²) in [7, 11) is 0. The number of hydrogen-bond donors (Lipinski definition) is 1. The van der Waals surface area contributed by atoms with Crippen molar-refractivity contribution in [3.8, 4) is 0 Å². The molecule has 0 aromatic heterocycles. The minimum atomic E-state index is -0.746. The molecule has 1 saturated heterocycles. The first-order valence-electron chi connectivity index (χ1n) is 16.6. The van der Waals surface area contributed by atoms with Gasteiger partial charge in [0.15, 0.2) is 0 Å². The lowest BCUT2D eigenvalue weighted by Gasteiger charge is -2.36. The number of ether oxygens (including phenoxy) is 5. The van der Waals surface area contributed by atoms with Gasteiger partial charge in [0.2, 0.25) is 0 Å². The van der Waals surface area contributed by atoms with Crippen LogP contribution in [-0.4, -0.2) is 60.1 Å². The lowest BCUT2D eigenvalue weighted by Crippen LogP contribution is -2.55. The van der Waals surface area contributed by atoms with Gasteiger partial charge in [0.25, 0.3) is 0 Å². The SMILES string of the molecule is CC(C)(C)OC(=O)N1[C@H]([C@@H](CN)OCc2ccccc2)[C@@H](OCc2ccccc2)[C@H](OCc2ccccc2)[C@H]1COCc1ccccc1. The molecular weight excluding hydrogens is 604 g/mol. The first-order chi connectivity index (χ1) is 23.3. The Morgan fingerprint density at radius 1 is 0.667 bits per heavy atom. The summed E-state index contributed by atoms with van der Waals surface area (Å²) in [6.07, 6.45) is -2.30. The highest BCUT2D eigenvalue weighted by Gasteiger charge is 2.56. The fraction of sp³-hybridized carbons (Fsp3) is 0.375. The highest BCUT2D eigenvalue weighted by atomic mass is 16.6. The Bertz CT molecular complexity index is 1500. The Hall–Kier alpha value is -4.05. The van der Waals surface area contributed by atoms with Crippen LogP contribution < -0.4 is 5.73 Å². The molecule has 8 heteroatoms. The predicted molar refractivity (Wildman–Crippen MR) is 186 cm³/mol. The summed E-state index contributed by atoms with van der Waals surface area (Å²) in [4.78, 5) is 16.0. The zero-order valence-corrected chi connectivity index (χ0v) is 28.2. The minimum Gasteiger partial charge on any atom is -0.444 e. The van der Waals surface area contributed by atoms with Gasteiger partial charge in [0.1, 0.15) is 17.8 Å². The van der Waals surface area contributed by atoms with Crippen LogP contribution in [0.4, 0.5) is 4.79 Å². The molecule has 1 heterocycles. The number of rotatable bonds is 15. The summed E-state index contributed by atoms with van der Waals surface area (Å²) in [5.74, 6) is 0. The molecule has 1 fully saturated rings. The molecule has 0 saturated carbocycles. The minimum absolute atomic E-state index is 0.144. The van der Waals surface area contributed by atoms with Gasteiger partial charge < -0.3 is 29.4 Å². The maximum absolute atomic E-state index is 14.3. The first-order valence-corrected chi connectivity index (χ1v) is 16.6. The molecule has 1 amide bonds. The van der Waals surface area contributed by atoms with Crippen LogP contribution in [0.15, 0.2) is 121 Å². The molecule has 0 radical (unpaired) electrons. The van der Waals surface area contributed by atoms with E-state index in [-0.39, 0.29) is 13.2 Å². The molecule has 48 heavy (non-hydrogen) atoms. The van der Waals surface area contributed by atoms with E-state index in [0.717, 1.165) is 22.3 Å². The van der Waals surface area contributed by atoms with E-state index in [0.29, 0.717) is 26.4 Å².